The highest BCUT2D eigenvalue weighted by molar-refractivity contribution is 7.90. The number of sulfonamides is 1. The first-order valence-corrected chi connectivity index (χ1v) is 15.3. The molecule has 10 nitrogen and oxygen atoms in total. The van der Waals surface area contributed by atoms with Crippen LogP contribution >= 0.6 is 23.2 Å². The van der Waals surface area contributed by atoms with E-state index in [1.165, 1.54) is 29.3 Å². The number of rotatable bonds is 9. The van der Waals surface area contributed by atoms with Gasteiger partial charge in [-0.3, -0.25) is 0 Å². The molecule has 1 aliphatic rings. The molecule has 4 N–H and O–H groups in total. The Hall–Kier alpha value is -2.22. The average Bonchev–Trinajstić information content (AvgIpc) is 3.25. The SMILES string of the molecule is CC[C@@H]1CN(C(=NC[C@H](NS(N)(=O)=O)C(C)C)NS(=O)(=O)c2ccc(Cl)cc2)N=C1c1ccc(Cl)cc1. The minimum atomic E-state index is -4.06. The lowest BCUT2D eigenvalue weighted by Crippen LogP contribution is -2.46. The van der Waals surface area contributed by atoms with Crippen LogP contribution in [-0.4, -0.2) is 52.6 Å². The summed E-state index contributed by atoms with van der Waals surface area (Å²) in [5.74, 6) is -0.222. The molecule has 1 aliphatic heterocycles. The van der Waals surface area contributed by atoms with E-state index in [4.69, 9.17) is 33.4 Å². The third-order valence-corrected chi connectivity index (χ3v) is 8.27. The molecule has 0 radical (unpaired) electrons. The zero-order chi connectivity index (χ0) is 27.4. The molecule has 3 rings (SSSR count). The van der Waals surface area contributed by atoms with Crippen molar-refractivity contribution in [3.63, 3.8) is 0 Å². The molecule has 1 heterocycles. The summed E-state index contributed by atoms with van der Waals surface area (Å²) in [6, 6.07) is 12.3. The molecule has 0 fully saturated rings. The second-order valence-electron chi connectivity index (χ2n) is 8.92. The van der Waals surface area contributed by atoms with Gasteiger partial charge in [0.15, 0.2) is 0 Å². The molecule has 2 atom stereocenters. The Balaban J connectivity index is 2.01. The summed E-state index contributed by atoms with van der Waals surface area (Å²) in [7, 11) is -8.06. The molecular formula is C23H30Cl2N6O4S2. The molecule has 0 unspecified atom stereocenters. The fourth-order valence-corrected chi connectivity index (χ4v) is 5.70. The monoisotopic (exact) mass is 588 g/mol. The number of hydrogen-bond acceptors (Lipinski definition) is 6. The lowest BCUT2D eigenvalue weighted by Gasteiger charge is -2.22. The van der Waals surface area contributed by atoms with Gasteiger partial charge in [-0.1, -0.05) is 56.1 Å². The van der Waals surface area contributed by atoms with E-state index in [2.05, 4.69) is 14.4 Å². The highest BCUT2D eigenvalue weighted by atomic mass is 35.5. The molecule has 0 aliphatic carbocycles. The van der Waals surface area contributed by atoms with E-state index in [0.29, 0.717) is 16.6 Å². The van der Waals surface area contributed by atoms with Crippen LogP contribution in [-0.2, 0) is 20.2 Å². The summed E-state index contributed by atoms with van der Waals surface area (Å²) in [4.78, 5) is 4.45. The van der Waals surface area contributed by atoms with E-state index in [-0.39, 0.29) is 29.2 Å². The summed E-state index contributed by atoms with van der Waals surface area (Å²) in [5.41, 5.74) is 1.62. The molecule has 0 aromatic heterocycles. The Morgan fingerprint density at radius 2 is 1.65 bits per heavy atom. The molecule has 0 saturated heterocycles. The molecule has 14 heteroatoms. The van der Waals surface area contributed by atoms with Gasteiger partial charge >= 0.3 is 0 Å². The predicted octanol–water partition coefficient (Wildman–Crippen LogP) is 3.19. The number of nitrogens with one attached hydrogen (secondary N) is 2. The van der Waals surface area contributed by atoms with Crippen molar-refractivity contribution in [1.82, 2.24) is 14.5 Å². The van der Waals surface area contributed by atoms with E-state index < -0.39 is 26.3 Å². The van der Waals surface area contributed by atoms with Crippen LogP contribution in [0.25, 0.3) is 0 Å². The Bertz CT molecular complexity index is 1360. The molecule has 2 aromatic rings. The van der Waals surface area contributed by atoms with E-state index in [0.717, 1.165) is 17.7 Å². The Labute approximate surface area is 228 Å². The summed E-state index contributed by atoms with van der Waals surface area (Å²) >= 11 is 12.0. The van der Waals surface area contributed by atoms with Crippen molar-refractivity contribution >= 4 is 55.1 Å². The zero-order valence-electron chi connectivity index (χ0n) is 20.6. The van der Waals surface area contributed by atoms with Gasteiger partial charge in [-0.15, -0.1) is 0 Å². The Morgan fingerprint density at radius 3 is 2.16 bits per heavy atom. The summed E-state index contributed by atoms with van der Waals surface area (Å²) < 4.78 is 54.6. The van der Waals surface area contributed by atoms with Crippen LogP contribution in [0.1, 0.15) is 32.8 Å². The van der Waals surface area contributed by atoms with Crippen LogP contribution in [0.3, 0.4) is 0 Å². The number of hydrogen-bond donors (Lipinski definition) is 3. The summed E-state index contributed by atoms with van der Waals surface area (Å²) in [6.45, 7) is 5.90. The average molecular weight is 590 g/mol. The first kappa shape index (κ1) is 29.3. The highest BCUT2D eigenvalue weighted by Crippen LogP contribution is 2.24. The molecule has 0 spiro atoms. The normalized spacial score (nSPS) is 17.7. The third-order valence-electron chi connectivity index (χ3n) is 5.79. The summed E-state index contributed by atoms with van der Waals surface area (Å²) in [6.07, 6.45) is 0.747. The third kappa shape index (κ3) is 8.13. The van der Waals surface area contributed by atoms with Gasteiger partial charge in [-0.2, -0.15) is 18.2 Å². The molecular weight excluding hydrogens is 559 g/mol. The molecule has 0 saturated carbocycles. The Morgan fingerprint density at radius 1 is 1.08 bits per heavy atom. The second-order valence-corrected chi connectivity index (χ2v) is 12.8. The van der Waals surface area contributed by atoms with Gasteiger partial charge in [0.25, 0.3) is 20.2 Å². The van der Waals surface area contributed by atoms with Gasteiger partial charge in [0, 0.05) is 22.0 Å². The molecule has 2 aromatic carbocycles. The fraction of sp³-hybridized carbons (Fsp3) is 0.391. The van der Waals surface area contributed by atoms with Crippen LogP contribution in [0.2, 0.25) is 10.0 Å². The number of guanidine groups is 1. The van der Waals surface area contributed by atoms with E-state index in [9.17, 15) is 16.8 Å². The number of hydrazone groups is 1. The van der Waals surface area contributed by atoms with Crippen LogP contribution in [0.5, 0.6) is 0 Å². The minimum Gasteiger partial charge on any atom is -0.249 e. The molecule has 0 bridgehead atoms. The number of nitrogens with two attached hydrogens (primary N) is 1. The first-order chi connectivity index (χ1) is 17.3. The maximum absolute atomic E-state index is 13.2. The maximum Gasteiger partial charge on any atom is 0.274 e. The van der Waals surface area contributed by atoms with Gasteiger partial charge in [-0.25, -0.2) is 28.3 Å². The quantitative estimate of drug-likeness (QED) is 0.304. The number of benzene rings is 2. The van der Waals surface area contributed by atoms with Crippen molar-refractivity contribution in [3.05, 3.63) is 64.1 Å². The molecule has 202 valence electrons. The van der Waals surface area contributed by atoms with Gasteiger partial charge < -0.3 is 0 Å². The first-order valence-electron chi connectivity index (χ1n) is 11.5. The van der Waals surface area contributed by atoms with Gasteiger partial charge in [0.2, 0.25) is 5.96 Å². The van der Waals surface area contributed by atoms with Gasteiger partial charge in [0.1, 0.15) is 0 Å². The standard InChI is InChI=1S/C23H30Cl2N6O4S2/c1-4-16-14-31(28-22(16)17-5-7-18(24)8-6-17)23(27-13-21(15(2)3)29-37(26,34)35)30-36(32,33)20-11-9-19(25)10-12-20/h5-12,15-16,21,29H,4,13-14H2,1-3H3,(H,27,30)(H2,26,34,35)/t16-,21+/m1/s1. The van der Waals surface area contributed by atoms with Crippen LogP contribution in [0, 0.1) is 11.8 Å². The highest BCUT2D eigenvalue weighted by Gasteiger charge is 2.31. The smallest absolute Gasteiger partial charge is 0.249 e. The minimum absolute atomic E-state index is 0.00477. The van der Waals surface area contributed by atoms with E-state index in [1.807, 2.05) is 19.1 Å². The van der Waals surface area contributed by atoms with Crippen molar-refractivity contribution in [2.75, 3.05) is 13.1 Å². The lowest BCUT2D eigenvalue weighted by molar-refractivity contribution is 0.420. The fourth-order valence-electron chi connectivity index (χ4n) is 3.66. The zero-order valence-corrected chi connectivity index (χ0v) is 23.7. The van der Waals surface area contributed by atoms with E-state index >= 15 is 0 Å². The molecule has 37 heavy (non-hydrogen) atoms. The van der Waals surface area contributed by atoms with Gasteiger partial charge in [-0.05, 0) is 54.3 Å². The topological polar surface area (TPSA) is 146 Å². The predicted molar refractivity (Wildman–Crippen MR) is 147 cm³/mol. The van der Waals surface area contributed by atoms with Crippen molar-refractivity contribution in [2.24, 2.45) is 27.1 Å². The Kier molecular flexibility index (Phi) is 9.59. The summed E-state index contributed by atoms with van der Waals surface area (Å²) in [5, 5.41) is 12.3. The van der Waals surface area contributed by atoms with Crippen LogP contribution in [0.15, 0.2) is 63.5 Å². The largest absolute Gasteiger partial charge is 0.274 e. The van der Waals surface area contributed by atoms with Gasteiger partial charge in [0.05, 0.1) is 23.7 Å². The van der Waals surface area contributed by atoms with Crippen molar-refractivity contribution in [2.45, 2.75) is 38.1 Å². The molecule has 0 amide bonds. The number of nitrogens with zero attached hydrogens (tertiary/aromatic N) is 3. The lowest BCUT2D eigenvalue weighted by atomic mass is 9.95. The second kappa shape index (κ2) is 12.1. The van der Waals surface area contributed by atoms with Crippen molar-refractivity contribution in [1.29, 1.82) is 0 Å². The number of aliphatic imine (C=N–C) groups is 1. The number of halogens is 2. The van der Waals surface area contributed by atoms with Crippen LogP contribution in [0.4, 0.5) is 0 Å². The van der Waals surface area contributed by atoms with E-state index in [1.54, 1.807) is 26.0 Å². The maximum atomic E-state index is 13.2. The van der Waals surface area contributed by atoms with Crippen molar-refractivity contribution < 1.29 is 16.8 Å². The van der Waals surface area contributed by atoms with Crippen molar-refractivity contribution in [3.8, 4) is 0 Å². The van der Waals surface area contributed by atoms with Crippen LogP contribution < -0.4 is 14.6 Å².